The van der Waals surface area contributed by atoms with Gasteiger partial charge in [0.2, 0.25) is 0 Å². The molecule has 0 saturated carbocycles. The number of hydrogen-bond donors (Lipinski definition) is 0. The Kier molecular flexibility index (Phi) is 21.5. The Balaban J connectivity index is -0.0000000457. The van der Waals surface area contributed by atoms with E-state index in [9.17, 15) is 0 Å². The molecule has 12 heavy (non-hydrogen) atoms. The molecule has 0 bridgehead atoms. The van der Waals surface area contributed by atoms with E-state index in [2.05, 4.69) is 0 Å². The standard InChI is InChI=1S/La.2Mn.8O.Rb/q+3;;;;;;;4*-1;+1. The van der Waals surface area contributed by atoms with Crippen LogP contribution < -0.4 is 74.9 Å². The molecule has 0 spiro atoms. The van der Waals surface area contributed by atoms with Crippen LogP contribution in [-0.2, 0) is 42.1 Å². The van der Waals surface area contributed by atoms with Gasteiger partial charge in [0, 0.05) is 0 Å². The molecule has 0 aromatic rings. The van der Waals surface area contributed by atoms with Crippen LogP contribution in [0, 0.1) is 35.6 Å². The average Bonchev–Trinajstić information content (AvgIpc) is 1.12. The van der Waals surface area contributed by atoms with Crippen molar-refractivity contribution >= 4 is 0 Å². The van der Waals surface area contributed by atoms with Gasteiger partial charge in [-0.2, -0.15) is 0 Å². The van der Waals surface area contributed by atoms with E-state index in [-0.39, 0.29) is 93.8 Å². The summed E-state index contributed by atoms with van der Waals surface area (Å²) in [7, 11) is 0. The van der Waals surface area contributed by atoms with Gasteiger partial charge in [0.1, 0.15) is 0 Å². The molecule has 0 heterocycles. The van der Waals surface area contributed by atoms with Crippen molar-refractivity contribution < 1.29 is 153 Å². The summed E-state index contributed by atoms with van der Waals surface area (Å²) in [6, 6.07) is 0. The summed E-state index contributed by atoms with van der Waals surface area (Å²) in [4.78, 5) is 0. The summed E-state index contributed by atoms with van der Waals surface area (Å²) in [5.41, 5.74) is 0. The quantitative estimate of drug-likeness (QED) is 0.321. The van der Waals surface area contributed by atoms with Crippen molar-refractivity contribution in [2.24, 2.45) is 0 Å². The summed E-state index contributed by atoms with van der Waals surface area (Å²) in [6.07, 6.45) is 0. The largest absolute Gasteiger partial charge is 1.00 e. The van der Waals surface area contributed by atoms with Gasteiger partial charge in [0.05, 0.1) is 0 Å². The van der Waals surface area contributed by atoms with Crippen LogP contribution in [0.25, 0.3) is 0 Å². The van der Waals surface area contributed by atoms with E-state index in [1.807, 2.05) is 0 Å². The van der Waals surface area contributed by atoms with Gasteiger partial charge < -0.3 is 0 Å². The molecule has 0 aromatic heterocycles. The van der Waals surface area contributed by atoms with Crippen molar-refractivity contribution in [3.05, 3.63) is 0 Å². The minimum absolute atomic E-state index is 0. The maximum atomic E-state index is 8.58. The second kappa shape index (κ2) is 10.6. The summed E-state index contributed by atoms with van der Waals surface area (Å²) < 4.78 is 68.6. The van der Waals surface area contributed by atoms with Gasteiger partial charge >= 0.3 is 153 Å². The predicted molar refractivity (Wildman–Crippen MR) is 2.75 cm³/mol. The smallest absolute Gasteiger partial charge is 1.00 e. The molecule has 0 unspecified atom stereocenters. The third-order valence-corrected chi connectivity index (χ3v) is 0. The predicted octanol–water partition coefficient (Wildman–Crippen LogP) is -8.23. The summed E-state index contributed by atoms with van der Waals surface area (Å²) in [5, 5.41) is 0. The Hall–Kier alpha value is 3.08. The van der Waals surface area contributed by atoms with Crippen molar-refractivity contribution in [1.82, 2.24) is 0 Å². The second-order valence-electron chi connectivity index (χ2n) is 0.756. The van der Waals surface area contributed by atoms with E-state index in [0.29, 0.717) is 0 Å². The molecule has 0 atom stereocenters. The van der Waals surface area contributed by atoms with E-state index < -0.39 is 26.7 Å². The first-order valence-corrected chi connectivity index (χ1v) is 5.09. The topological polar surface area (TPSA) is 161 Å². The fourth-order valence-corrected chi connectivity index (χ4v) is 0. The third kappa shape index (κ3) is 201. The minimum atomic E-state index is -5.62. The Morgan fingerprint density at radius 1 is 0.667 bits per heavy atom. The number of hydrogen-bond acceptors (Lipinski definition) is 8. The summed E-state index contributed by atoms with van der Waals surface area (Å²) in [5.74, 6) is 0. The second-order valence-corrected chi connectivity index (χ2v) is 3.12. The van der Waals surface area contributed by atoms with Crippen LogP contribution in [-0.4, -0.2) is 0 Å². The van der Waals surface area contributed by atoms with Gasteiger partial charge in [-0.05, 0) is 0 Å². The van der Waals surface area contributed by atoms with Crippen LogP contribution in [0.1, 0.15) is 0 Å². The molecule has 0 amide bonds. The molecule has 0 aromatic carbocycles. The SMILES string of the molecule is [La+3].[O]=[Mn](=[O])([O-])[O-].[O]=[Mn](=[O])([O-])[O-].[Rb+]. The first kappa shape index (κ1) is 24.4. The van der Waals surface area contributed by atoms with Crippen molar-refractivity contribution in [3.8, 4) is 0 Å². The fourth-order valence-electron chi connectivity index (χ4n) is 0. The number of rotatable bonds is 0. The van der Waals surface area contributed by atoms with E-state index in [1.54, 1.807) is 0 Å². The van der Waals surface area contributed by atoms with Gasteiger partial charge in [-0.1, -0.05) is 0 Å². The van der Waals surface area contributed by atoms with Gasteiger partial charge in [-0.25, -0.2) is 0 Å². The summed E-state index contributed by atoms with van der Waals surface area (Å²) >= 11 is -11.2. The van der Waals surface area contributed by atoms with Crippen molar-refractivity contribution in [3.63, 3.8) is 0 Å². The van der Waals surface area contributed by atoms with Crippen LogP contribution in [0.5, 0.6) is 0 Å². The van der Waals surface area contributed by atoms with Crippen LogP contribution >= 0.6 is 0 Å². The van der Waals surface area contributed by atoms with Crippen molar-refractivity contribution in [2.45, 2.75) is 0 Å². The zero-order valence-corrected chi connectivity index (χ0v) is 16.5. The Morgan fingerprint density at radius 2 is 0.667 bits per heavy atom. The van der Waals surface area contributed by atoms with Crippen LogP contribution in [0.3, 0.4) is 0 Å². The molecule has 66 valence electrons. The monoisotopic (exact) mass is 462 g/mol. The molecule has 0 saturated heterocycles. The van der Waals surface area contributed by atoms with Gasteiger partial charge in [0.25, 0.3) is 0 Å². The van der Waals surface area contributed by atoms with E-state index >= 15 is 0 Å². The molecule has 0 N–H and O–H groups in total. The zero-order chi connectivity index (χ0) is 9.00. The average molecular weight is 462 g/mol. The van der Waals surface area contributed by atoms with Crippen LogP contribution in [0.15, 0.2) is 0 Å². The fraction of sp³-hybridized carbons (Fsp3) is 0. The van der Waals surface area contributed by atoms with Crippen LogP contribution in [0.2, 0.25) is 0 Å². The first-order chi connectivity index (χ1) is 4.00. The van der Waals surface area contributed by atoms with E-state index in [1.165, 1.54) is 0 Å². The van der Waals surface area contributed by atoms with Crippen molar-refractivity contribution in [2.75, 3.05) is 0 Å². The maximum absolute atomic E-state index is 8.58. The molecule has 0 aliphatic carbocycles. The first-order valence-electron chi connectivity index (χ1n) is 1.23. The Bertz CT molecular complexity index is 213. The third-order valence-electron chi connectivity index (χ3n) is 0. The minimum Gasteiger partial charge on any atom is 1.00 e. The molecule has 12 heteroatoms. The van der Waals surface area contributed by atoms with E-state index in [4.69, 9.17) is 32.1 Å². The van der Waals surface area contributed by atoms with Crippen molar-refractivity contribution in [1.29, 1.82) is 0 Å². The molecular weight excluding hydrogens is 462 g/mol. The van der Waals surface area contributed by atoms with E-state index in [0.717, 1.165) is 0 Å². The Labute approximate surface area is 149 Å². The zero-order valence-electron chi connectivity index (χ0n) is 5.60. The molecule has 0 aliphatic heterocycles. The van der Waals surface area contributed by atoms with Crippen LogP contribution in [0.4, 0.5) is 0 Å². The molecule has 0 rings (SSSR count). The van der Waals surface area contributed by atoms with Gasteiger partial charge in [0.15, 0.2) is 0 Å². The summed E-state index contributed by atoms with van der Waals surface area (Å²) in [6.45, 7) is 0. The normalized spacial score (nSPS) is 9.67. The van der Waals surface area contributed by atoms with Gasteiger partial charge in [-0.3, -0.25) is 0 Å². The molecule has 0 fully saturated rings. The maximum Gasteiger partial charge on any atom is 1.00 e. The van der Waals surface area contributed by atoms with Gasteiger partial charge in [-0.15, -0.1) is 0 Å². The molecule has 0 radical (unpaired) electrons. The molecular formula is LaMn2O8Rb. The Morgan fingerprint density at radius 3 is 0.667 bits per heavy atom. The molecule has 0 aliphatic rings. The molecule has 8 nitrogen and oxygen atoms in total.